The molecule has 4 heteroatoms. The maximum atomic E-state index is 10.6. The van der Waals surface area contributed by atoms with Crippen LogP contribution in [-0.2, 0) is 11.3 Å². The van der Waals surface area contributed by atoms with Crippen LogP contribution in [0.1, 0.15) is 38.7 Å². The molecule has 19 heavy (non-hydrogen) atoms. The Morgan fingerprint density at radius 2 is 2.00 bits per heavy atom. The van der Waals surface area contributed by atoms with Gasteiger partial charge in [0.1, 0.15) is 0 Å². The topological polar surface area (TPSA) is 49.3 Å². The van der Waals surface area contributed by atoms with E-state index in [9.17, 15) is 4.79 Å². The minimum atomic E-state index is -0.725. The van der Waals surface area contributed by atoms with Crippen LogP contribution in [0.25, 0.3) is 0 Å². The molecule has 0 bridgehead atoms. The fraction of sp³-hybridized carbons (Fsp3) is 0.533. The molecule has 1 aromatic rings. The summed E-state index contributed by atoms with van der Waals surface area (Å²) in [6, 6.07) is 7.78. The Kier molecular flexibility index (Phi) is 6.32. The monoisotopic (exact) mass is 283 g/mol. The fourth-order valence-corrected chi connectivity index (χ4v) is 2.06. The van der Waals surface area contributed by atoms with E-state index in [-0.39, 0.29) is 11.8 Å². The Morgan fingerprint density at radius 3 is 2.63 bits per heavy atom. The molecule has 0 aliphatic rings. The summed E-state index contributed by atoms with van der Waals surface area (Å²) in [7, 11) is 0. The van der Waals surface area contributed by atoms with Gasteiger partial charge in [-0.05, 0) is 36.4 Å². The van der Waals surface area contributed by atoms with Crippen LogP contribution in [0.15, 0.2) is 24.3 Å². The van der Waals surface area contributed by atoms with Gasteiger partial charge in [-0.3, -0.25) is 4.79 Å². The third-order valence-corrected chi connectivity index (χ3v) is 3.64. The van der Waals surface area contributed by atoms with Crippen molar-refractivity contribution in [2.45, 2.75) is 39.7 Å². The number of benzene rings is 1. The Balaban J connectivity index is 2.27. The van der Waals surface area contributed by atoms with Gasteiger partial charge in [-0.1, -0.05) is 43.6 Å². The largest absolute Gasteiger partial charge is 0.481 e. The van der Waals surface area contributed by atoms with Gasteiger partial charge < -0.3 is 10.4 Å². The van der Waals surface area contributed by atoms with Crippen molar-refractivity contribution < 1.29 is 9.90 Å². The summed E-state index contributed by atoms with van der Waals surface area (Å²) in [4.78, 5) is 10.6. The molecule has 0 aliphatic carbocycles. The van der Waals surface area contributed by atoms with E-state index < -0.39 is 5.97 Å². The van der Waals surface area contributed by atoms with E-state index in [1.165, 1.54) is 0 Å². The first-order valence-corrected chi connectivity index (χ1v) is 6.94. The molecule has 0 radical (unpaired) electrons. The SMILES string of the molecule is CC(C)(CCNCc1ccccc1Cl)CCC(=O)O. The van der Waals surface area contributed by atoms with Crippen LogP contribution in [0.5, 0.6) is 0 Å². The molecule has 0 aliphatic heterocycles. The quantitative estimate of drug-likeness (QED) is 0.715. The molecule has 1 rings (SSSR count). The number of rotatable bonds is 8. The van der Waals surface area contributed by atoms with E-state index in [2.05, 4.69) is 19.2 Å². The van der Waals surface area contributed by atoms with Crippen molar-refractivity contribution in [1.29, 1.82) is 0 Å². The lowest BCUT2D eigenvalue weighted by molar-refractivity contribution is -0.137. The van der Waals surface area contributed by atoms with Crippen molar-refractivity contribution >= 4 is 17.6 Å². The molecule has 0 aromatic heterocycles. The highest BCUT2D eigenvalue weighted by atomic mass is 35.5. The highest BCUT2D eigenvalue weighted by molar-refractivity contribution is 6.31. The smallest absolute Gasteiger partial charge is 0.303 e. The standard InChI is InChI=1S/C15H22ClNO2/c1-15(2,8-7-14(18)19)9-10-17-11-12-5-3-4-6-13(12)16/h3-6,17H,7-11H2,1-2H3,(H,18,19). The van der Waals surface area contributed by atoms with Crippen LogP contribution in [-0.4, -0.2) is 17.6 Å². The number of carboxylic acids is 1. The van der Waals surface area contributed by atoms with Crippen LogP contribution in [0.2, 0.25) is 5.02 Å². The lowest BCUT2D eigenvalue weighted by atomic mass is 9.84. The van der Waals surface area contributed by atoms with Crippen molar-refractivity contribution in [2.24, 2.45) is 5.41 Å². The minimum Gasteiger partial charge on any atom is -0.481 e. The molecule has 0 spiro atoms. The number of halogens is 1. The summed E-state index contributed by atoms with van der Waals surface area (Å²) in [6.45, 7) is 5.81. The third kappa shape index (κ3) is 6.60. The first-order chi connectivity index (χ1) is 8.91. The summed E-state index contributed by atoms with van der Waals surface area (Å²) in [6.07, 6.45) is 1.89. The summed E-state index contributed by atoms with van der Waals surface area (Å²) in [5.74, 6) is -0.725. The molecular weight excluding hydrogens is 262 g/mol. The average Bonchev–Trinajstić information content (AvgIpc) is 2.34. The fourth-order valence-electron chi connectivity index (χ4n) is 1.86. The van der Waals surface area contributed by atoms with E-state index in [4.69, 9.17) is 16.7 Å². The van der Waals surface area contributed by atoms with Crippen molar-refractivity contribution in [3.8, 4) is 0 Å². The molecule has 0 saturated heterocycles. The second-order valence-corrected chi connectivity index (χ2v) is 5.98. The second-order valence-electron chi connectivity index (χ2n) is 5.58. The van der Waals surface area contributed by atoms with Crippen molar-refractivity contribution in [2.75, 3.05) is 6.54 Å². The van der Waals surface area contributed by atoms with Crippen molar-refractivity contribution in [1.82, 2.24) is 5.32 Å². The van der Waals surface area contributed by atoms with Crippen LogP contribution in [0, 0.1) is 5.41 Å². The van der Waals surface area contributed by atoms with Crippen LogP contribution in [0.4, 0.5) is 0 Å². The summed E-state index contributed by atoms with van der Waals surface area (Å²) < 4.78 is 0. The Hall–Kier alpha value is -1.06. The molecule has 0 amide bonds. The highest BCUT2D eigenvalue weighted by Crippen LogP contribution is 2.26. The van der Waals surface area contributed by atoms with Gasteiger partial charge in [0.15, 0.2) is 0 Å². The van der Waals surface area contributed by atoms with Crippen LogP contribution >= 0.6 is 11.6 Å². The van der Waals surface area contributed by atoms with E-state index >= 15 is 0 Å². The lowest BCUT2D eigenvalue weighted by Gasteiger charge is -2.24. The Labute approximate surface area is 120 Å². The molecule has 2 N–H and O–H groups in total. The van der Waals surface area contributed by atoms with Gasteiger partial charge >= 0.3 is 5.97 Å². The predicted molar refractivity (Wildman–Crippen MR) is 78.4 cm³/mol. The Morgan fingerprint density at radius 1 is 1.32 bits per heavy atom. The van der Waals surface area contributed by atoms with Crippen LogP contribution in [0.3, 0.4) is 0 Å². The number of hydrogen-bond donors (Lipinski definition) is 2. The van der Waals surface area contributed by atoms with Gasteiger partial charge in [0.25, 0.3) is 0 Å². The number of aliphatic carboxylic acids is 1. The maximum Gasteiger partial charge on any atom is 0.303 e. The van der Waals surface area contributed by atoms with E-state index in [1.807, 2.05) is 24.3 Å². The summed E-state index contributed by atoms with van der Waals surface area (Å²) in [5.41, 5.74) is 1.14. The zero-order chi connectivity index (χ0) is 14.3. The first kappa shape index (κ1) is 16.0. The molecule has 0 atom stereocenters. The van der Waals surface area contributed by atoms with Gasteiger partial charge in [-0.2, -0.15) is 0 Å². The van der Waals surface area contributed by atoms with E-state index in [1.54, 1.807) is 0 Å². The van der Waals surface area contributed by atoms with Crippen LogP contribution < -0.4 is 5.32 Å². The second kappa shape index (κ2) is 7.51. The molecule has 0 fully saturated rings. The van der Waals surface area contributed by atoms with Gasteiger partial charge in [0, 0.05) is 18.0 Å². The molecule has 106 valence electrons. The van der Waals surface area contributed by atoms with Gasteiger partial charge in [-0.25, -0.2) is 0 Å². The van der Waals surface area contributed by atoms with Gasteiger partial charge in [0.05, 0.1) is 0 Å². The molecule has 3 nitrogen and oxygen atoms in total. The predicted octanol–water partition coefficient (Wildman–Crippen LogP) is 3.71. The molecule has 0 saturated carbocycles. The minimum absolute atomic E-state index is 0.0475. The van der Waals surface area contributed by atoms with E-state index in [0.29, 0.717) is 6.42 Å². The summed E-state index contributed by atoms with van der Waals surface area (Å²) >= 11 is 6.07. The zero-order valence-electron chi connectivity index (χ0n) is 11.6. The first-order valence-electron chi connectivity index (χ1n) is 6.57. The molecule has 0 unspecified atom stereocenters. The number of hydrogen-bond acceptors (Lipinski definition) is 2. The van der Waals surface area contributed by atoms with E-state index in [0.717, 1.165) is 30.1 Å². The normalized spacial score (nSPS) is 11.5. The third-order valence-electron chi connectivity index (χ3n) is 3.27. The molecule has 1 aromatic carbocycles. The van der Waals surface area contributed by atoms with Gasteiger partial charge in [-0.15, -0.1) is 0 Å². The number of nitrogens with one attached hydrogen (secondary N) is 1. The lowest BCUT2D eigenvalue weighted by Crippen LogP contribution is -2.23. The molecular formula is C15H22ClNO2. The zero-order valence-corrected chi connectivity index (χ0v) is 12.3. The van der Waals surface area contributed by atoms with Crippen molar-refractivity contribution in [3.05, 3.63) is 34.9 Å². The number of carboxylic acid groups (broad SMARTS) is 1. The summed E-state index contributed by atoms with van der Waals surface area (Å²) in [5, 5.41) is 12.8. The average molecular weight is 284 g/mol. The molecule has 0 heterocycles. The van der Waals surface area contributed by atoms with Gasteiger partial charge in [0.2, 0.25) is 0 Å². The highest BCUT2D eigenvalue weighted by Gasteiger charge is 2.18. The Bertz CT molecular complexity index is 418. The maximum absolute atomic E-state index is 10.6. The van der Waals surface area contributed by atoms with Crippen molar-refractivity contribution in [3.63, 3.8) is 0 Å². The number of carbonyl (C=O) groups is 1.